The maximum absolute atomic E-state index is 13.4. The average molecular weight is 457 g/mol. The minimum absolute atomic E-state index is 0.0992. The number of benzene rings is 1. The first-order valence-corrected chi connectivity index (χ1v) is 10.9. The fourth-order valence-corrected chi connectivity index (χ4v) is 4.67. The normalized spacial score (nSPS) is 16.8. The molecule has 8 nitrogen and oxygen atoms in total. The van der Waals surface area contributed by atoms with Crippen molar-refractivity contribution in [3.63, 3.8) is 0 Å². The summed E-state index contributed by atoms with van der Waals surface area (Å²) in [5, 5.41) is 8.00. The molecule has 174 valence electrons. The van der Waals surface area contributed by atoms with Crippen molar-refractivity contribution in [3.8, 4) is 0 Å². The lowest BCUT2D eigenvalue weighted by atomic mass is 10.0. The largest absolute Gasteiger partial charge is 0.382 e. The minimum atomic E-state index is -2.67. The van der Waals surface area contributed by atoms with Gasteiger partial charge < -0.3 is 19.5 Å². The van der Waals surface area contributed by atoms with Gasteiger partial charge in [-0.2, -0.15) is 5.10 Å². The van der Waals surface area contributed by atoms with Crippen molar-refractivity contribution in [1.29, 1.82) is 0 Å². The number of aromatic amines is 2. The van der Waals surface area contributed by atoms with Crippen molar-refractivity contribution in [3.05, 3.63) is 53.0 Å². The molecule has 1 aliphatic heterocycles. The summed E-state index contributed by atoms with van der Waals surface area (Å²) in [6, 6.07) is 9.43. The Bertz CT molecular complexity index is 1170. The molecule has 0 spiro atoms. The van der Waals surface area contributed by atoms with Crippen LogP contribution in [-0.2, 0) is 17.7 Å². The fraction of sp³-hybridized carbons (Fsp3) is 0.435. The van der Waals surface area contributed by atoms with Gasteiger partial charge in [0.2, 0.25) is 0 Å². The number of hydrogen-bond acceptors (Lipinski definition) is 4. The molecule has 3 heterocycles. The summed E-state index contributed by atoms with van der Waals surface area (Å²) in [7, 11) is 1.50. The van der Waals surface area contributed by atoms with Crippen LogP contribution in [0.3, 0.4) is 0 Å². The number of hydrogen-bond donors (Lipinski definition) is 2. The van der Waals surface area contributed by atoms with Gasteiger partial charge in [0.15, 0.2) is 5.69 Å². The Morgan fingerprint density at radius 3 is 2.79 bits per heavy atom. The highest BCUT2D eigenvalue weighted by Crippen LogP contribution is 2.43. The lowest BCUT2D eigenvalue weighted by Gasteiger charge is -2.32. The molecule has 1 aliphatic carbocycles. The Labute approximate surface area is 188 Å². The van der Waals surface area contributed by atoms with Crippen molar-refractivity contribution in [2.45, 2.75) is 37.8 Å². The number of carbonyl (C=O) groups is 2. The van der Waals surface area contributed by atoms with Crippen LogP contribution in [0.15, 0.2) is 30.3 Å². The van der Waals surface area contributed by atoms with E-state index in [1.807, 2.05) is 24.3 Å². The Kier molecular flexibility index (Phi) is 5.40. The molecule has 0 radical (unpaired) electrons. The van der Waals surface area contributed by atoms with Crippen LogP contribution in [-0.4, -0.2) is 75.6 Å². The number of carbonyl (C=O) groups excluding carboxylic acids is 2. The third-order valence-corrected chi connectivity index (χ3v) is 6.56. The van der Waals surface area contributed by atoms with E-state index in [-0.39, 0.29) is 24.8 Å². The summed E-state index contributed by atoms with van der Waals surface area (Å²) < 4.78 is 31.9. The Hall–Kier alpha value is -3.27. The summed E-state index contributed by atoms with van der Waals surface area (Å²) in [5.41, 5.74) is 2.06. The summed E-state index contributed by atoms with van der Waals surface area (Å²) in [4.78, 5) is 32.6. The molecule has 3 aromatic rings. The standard InChI is InChI=1S/C23H25F2N5O3/c1-33-13-23(7-8-23)30(12-19(24)25)22(32)20-15-11-29(9-6-17(15)27-28-20)21(31)18-10-14-4-2-3-5-16(14)26-18/h2-5,10,19,26H,6-9,11-13H2,1H3,(H,27,28). The minimum Gasteiger partial charge on any atom is -0.382 e. The third kappa shape index (κ3) is 3.88. The average Bonchev–Trinajstić information content (AvgIpc) is 3.27. The number of fused-ring (bicyclic) bond motifs is 2. The number of rotatable bonds is 7. The molecule has 1 fully saturated rings. The second-order valence-corrected chi connectivity index (χ2v) is 8.74. The monoisotopic (exact) mass is 457 g/mol. The number of nitrogens with zero attached hydrogens (tertiary/aromatic N) is 3. The summed E-state index contributed by atoms with van der Waals surface area (Å²) in [6.07, 6.45) is -0.953. The van der Waals surface area contributed by atoms with Gasteiger partial charge in [-0.05, 0) is 25.0 Å². The van der Waals surface area contributed by atoms with Crippen molar-refractivity contribution in [1.82, 2.24) is 25.0 Å². The van der Waals surface area contributed by atoms with E-state index in [9.17, 15) is 18.4 Å². The Balaban J connectivity index is 1.40. The first-order chi connectivity index (χ1) is 15.9. The number of alkyl halides is 2. The zero-order chi connectivity index (χ0) is 23.2. The van der Waals surface area contributed by atoms with Gasteiger partial charge in [-0.1, -0.05) is 18.2 Å². The van der Waals surface area contributed by atoms with E-state index in [1.165, 1.54) is 12.0 Å². The van der Waals surface area contributed by atoms with Crippen LogP contribution in [0.2, 0.25) is 0 Å². The van der Waals surface area contributed by atoms with Crippen molar-refractivity contribution in [2.24, 2.45) is 0 Å². The smallest absolute Gasteiger partial charge is 0.275 e. The van der Waals surface area contributed by atoms with Gasteiger partial charge >= 0.3 is 0 Å². The molecule has 0 atom stereocenters. The number of H-pyrrole nitrogens is 2. The van der Waals surface area contributed by atoms with Gasteiger partial charge in [0, 0.05) is 42.2 Å². The molecule has 2 aliphatic rings. The predicted octanol–water partition coefficient (Wildman–Crippen LogP) is 2.98. The Morgan fingerprint density at radius 1 is 1.30 bits per heavy atom. The highest BCUT2D eigenvalue weighted by Gasteiger charge is 2.52. The lowest BCUT2D eigenvalue weighted by Crippen LogP contribution is -2.48. The molecular weight excluding hydrogens is 432 g/mol. The van der Waals surface area contributed by atoms with E-state index in [2.05, 4.69) is 15.2 Å². The summed E-state index contributed by atoms with van der Waals surface area (Å²) in [5.74, 6) is -0.735. The van der Waals surface area contributed by atoms with Crippen LogP contribution < -0.4 is 0 Å². The van der Waals surface area contributed by atoms with Crippen LogP contribution in [0.1, 0.15) is 45.1 Å². The second-order valence-electron chi connectivity index (χ2n) is 8.74. The van der Waals surface area contributed by atoms with E-state index >= 15 is 0 Å². The van der Waals surface area contributed by atoms with Gasteiger partial charge in [-0.3, -0.25) is 14.7 Å². The number of halogens is 2. The summed E-state index contributed by atoms with van der Waals surface area (Å²) in [6.45, 7) is 0.164. The second kappa shape index (κ2) is 8.26. The van der Waals surface area contributed by atoms with Crippen LogP contribution >= 0.6 is 0 Å². The van der Waals surface area contributed by atoms with Crippen LogP contribution in [0.4, 0.5) is 8.78 Å². The molecule has 2 N–H and O–H groups in total. The molecule has 2 aromatic heterocycles. The molecule has 0 bridgehead atoms. The zero-order valence-electron chi connectivity index (χ0n) is 18.2. The predicted molar refractivity (Wildman–Crippen MR) is 116 cm³/mol. The number of ether oxygens (including phenoxy) is 1. The van der Waals surface area contributed by atoms with Gasteiger partial charge in [0.05, 0.1) is 25.2 Å². The number of amides is 2. The van der Waals surface area contributed by atoms with E-state index in [1.54, 1.807) is 11.0 Å². The SMILES string of the molecule is COCC1(N(CC(F)F)C(=O)c2n[nH]c3c2CN(C(=O)c2cc4ccccc4[nH]2)CC3)CC1. The zero-order valence-corrected chi connectivity index (χ0v) is 18.2. The number of methoxy groups -OCH3 is 1. The number of para-hydroxylation sites is 1. The number of aromatic nitrogens is 3. The molecule has 1 saturated carbocycles. The number of nitrogens with one attached hydrogen (secondary N) is 2. The van der Waals surface area contributed by atoms with E-state index in [0.29, 0.717) is 37.1 Å². The van der Waals surface area contributed by atoms with Crippen molar-refractivity contribution in [2.75, 3.05) is 26.8 Å². The van der Waals surface area contributed by atoms with E-state index in [4.69, 9.17) is 4.74 Å². The van der Waals surface area contributed by atoms with Crippen LogP contribution in [0.5, 0.6) is 0 Å². The van der Waals surface area contributed by atoms with Crippen molar-refractivity contribution >= 4 is 22.7 Å². The van der Waals surface area contributed by atoms with Gasteiger partial charge in [-0.25, -0.2) is 8.78 Å². The molecule has 10 heteroatoms. The summed E-state index contributed by atoms with van der Waals surface area (Å²) >= 11 is 0. The topological polar surface area (TPSA) is 94.3 Å². The van der Waals surface area contributed by atoms with Crippen LogP contribution in [0.25, 0.3) is 10.9 Å². The van der Waals surface area contributed by atoms with E-state index in [0.717, 1.165) is 16.6 Å². The molecule has 0 saturated heterocycles. The molecule has 2 amide bonds. The Morgan fingerprint density at radius 2 is 2.09 bits per heavy atom. The molecule has 33 heavy (non-hydrogen) atoms. The highest BCUT2D eigenvalue weighted by molar-refractivity contribution is 5.99. The highest BCUT2D eigenvalue weighted by atomic mass is 19.3. The fourth-order valence-electron chi connectivity index (χ4n) is 4.67. The first kappa shape index (κ1) is 21.6. The van der Waals surface area contributed by atoms with Gasteiger partial charge in [-0.15, -0.1) is 0 Å². The maximum atomic E-state index is 13.4. The quantitative estimate of drug-likeness (QED) is 0.570. The lowest BCUT2D eigenvalue weighted by molar-refractivity contribution is 0.0199. The maximum Gasteiger partial charge on any atom is 0.275 e. The molecule has 0 unspecified atom stereocenters. The van der Waals surface area contributed by atoms with Gasteiger partial charge in [0.1, 0.15) is 5.69 Å². The van der Waals surface area contributed by atoms with Crippen molar-refractivity contribution < 1.29 is 23.1 Å². The third-order valence-electron chi connectivity index (χ3n) is 6.56. The van der Waals surface area contributed by atoms with Gasteiger partial charge in [0.25, 0.3) is 18.2 Å². The van der Waals surface area contributed by atoms with Crippen LogP contribution in [0, 0.1) is 0 Å². The first-order valence-electron chi connectivity index (χ1n) is 10.9. The molecular formula is C23H25F2N5O3. The molecule has 5 rings (SSSR count). The molecule has 1 aromatic carbocycles. The van der Waals surface area contributed by atoms with E-state index < -0.39 is 24.4 Å².